The van der Waals surface area contributed by atoms with Crippen LogP contribution in [-0.2, 0) is 13.0 Å². The van der Waals surface area contributed by atoms with Gasteiger partial charge in [0.05, 0.1) is 35.5 Å². The van der Waals surface area contributed by atoms with Gasteiger partial charge in [0.15, 0.2) is 0 Å². The van der Waals surface area contributed by atoms with E-state index in [4.69, 9.17) is 14.7 Å². The number of phenols is 1. The number of alkyl halides is 1. The van der Waals surface area contributed by atoms with Crippen molar-refractivity contribution >= 4 is 28.2 Å². The Morgan fingerprint density at radius 1 is 1.21 bits per heavy atom. The molecule has 1 N–H and O–H groups in total. The van der Waals surface area contributed by atoms with Gasteiger partial charge in [-0.05, 0) is 61.7 Å². The number of halogens is 2. The van der Waals surface area contributed by atoms with Crippen LogP contribution in [0.1, 0.15) is 60.6 Å². The number of nitrogens with zero attached hydrogens (tertiary/aromatic N) is 6. The average molecular weight is 589 g/mol. The number of phenolic OH excluding ortho intramolecular Hbond substituents is 1. The number of anilines is 2. The summed E-state index contributed by atoms with van der Waals surface area (Å²) in [7, 11) is 0. The van der Waals surface area contributed by atoms with Crippen molar-refractivity contribution < 1.29 is 23.4 Å². The van der Waals surface area contributed by atoms with Crippen molar-refractivity contribution in [1.82, 2.24) is 14.9 Å². The summed E-state index contributed by atoms with van der Waals surface area (Å²) in [4.78, 5) is 29.3. The highest BCUT2D eigenvalue weighted by atomic mass is 19.1. The number of hydrogen-bond acceptors (Lipinski definition) is 8. The van der Waals surface area contributed by atoms with E-state index in [0.717, 1.165) is 32.2 Å². The summed E-state index contributed by atoms with van der Waals surface area (Å²) < 4.78 is 35.6. The number of ether oxygens (including phenoxy) is 1. The third kappa shape index (κ3) is 4.63. The van der Waals surface area contributed by atoms with Crippen LogP contribution >= 0.6 is 0 Å². The van der Waals surface area contributed by atoms with E-state index in [1.165, 1.54) is 17.0 Å². The number of benzene rings is 2. The third-order valence-electron chi connectivity index (χ3n) is 9.62. The van der Waals surface area contributed by atoms with Crippen LogP contribution in [0.3, 0.4) is 0 Å². The first-order valence-electron chi connectivity index (χ1n) is 15.1. The minimum atomic E-state index is -0.891. The highest BCUT2D eigenvalue weighted by Gasteiger charge is 2.49. The highest BCUT2D eigenvalue weighted by molar-refractivity contribution is 6.16. The van der Waals surface area contributed by atoms with Gasteiger partial charge in [-0.1, -0.05) is 13.0 Å². The fraction of sp³-hybridized carbons (Fsp3) is 0.500. The lowest BCUT2D eigenvalue weighted by Gasteiger charge is -2.32. The summed E-state index contributed by atoms with van der Waals surface area (Å²) >= 11 is 0. The number of rotatable bonds is 6. The number of carbonyl (C=O) groups is 1. The Hall–Kier alpha value is -4.04. The monoisotopic (exact) mass is 588 g/mol. The van der Waals surface area contributed by atoms with E-state index in [-0.39, 0.29) is 48.1 Å². The van der Waals surface area contributed by atoms with Gasteiger partial charge in [-0.25, -0.2) is 8.78 Å². The Morgan fingerprint density at radius 3 is 2.88 bits per heavy atom. The number of nitriles is 1. The van der Waals surface area contributed by atoms with Crippen LogP contribution < -0.4 is 14.5 Å². The van der Waals surface area contributed by atoms with Crippen LogP contribution in [0, 0.1) is 23.1 Å². The van der Waals surface area contributed by atoms with E-state index in [9.17, 15) is 23.9 Å². The second kappa shape index (κ2) is 10.6. The standard InChI is InChI=1S/C32H34F2N6O3/c1-2-23-24(34)7-6-20-11-22(41)12-26(27(20)23)40-17-25-28(30(40)42)29(38-9-3-5-19(14-35)15-38)37-31(36-25)43-18-32-8-4-10-39(32)16-21(33)13-32/h6-7,11-12,19,21,41H,2-5,8-10,13,15-18H2,1H3. The molecule has 1 aromatic heterocycles. The van der Waals surface area contributed by atoms with Gasteiger partial charge < -0.3 is 19.6 Å². The summed E-state index contributed by atoms with van der Waals surface area (Å²) in [6.45, 7) is 4.47. The summed E-state index contributed by atoms with van der Waals surface area (Å²) in [5, 5.41) is 21.4. The van der Waals surface area contributed by atoms with Crippen molar-refractivity contribution in [2.45, 2.75) is 63.7 Å². The maximum absolute atomic E-state index is 14.9. The van der Waals surface area contributed by atoms with Gasteiger partial charge >= 0.3 is 6.01 Å². The van der Waals surface area contributed by atoms with Crippen molar-refractivity contribution in [1.29, 1.82) is 5.26 Å². The molecule has 3 unspecified atom stereocenters. The van der Waals surface area contributed by atoms with E-state index in [1.807, 2.05) is 11.8 Å². The van der Waals surface area contributed by atoms with Crippen molar-refractivity contribution in [3.8, 4) is 17.8 Å². The lowest BCUT2D eigenvalue weighted by molar-refractivity contribution is 0.0996. The predicted molar refractivity (Wildman–Crippen MR) is 157 cm³/mol. The van der Waals surface area contributed by atoms with E-state index in [2.05, 4.69) is 11.0 Å². The first-order chi connectivity index (χ1) is 20.8. The van der Waals surface area contributed by atoms with Crippen LogP contribution in [-0.4, -0.2) is 70.4 Å². The molecule has 1 amide bonds. The third-order valence-corrected chi connectivity index (χ3v) is 9.62. The Labute approximate surface area is 248 Å². The Balaban J connectivity index is 1.29. The number of fused-ring (bicyclic) bond motifs is 3. The number of aryl methyl sites for hydroxylation is 1. The van der Waals surface area contributed by atoms with Crippen molar-refractivity contribution in [3.05, 3.63) is 46.9 Å². The van der Waals surface area contributed by atoms with E-state index < -0.39 is 6.17 Å². The molecule has 3 fully saturated rings. The molecule has 224 valence electrons. The molecule has 3 atom stereocenters. The first-order valence-corrected chi connectivity index (χ1v) is 15.1. The van der Waals surface area contributed by atoms with Gasteiger partial charge in [0, 0.05) is 37.5 Å². The number of carbonyl (C=O) groups excluding carboxylic acids is 1. The molecule has 9 nitrogen and oxygen atoms in total. The largest absolute Gasteiger partial charge is 0.508 e. The SMILES string of the molecule is CCc1c(F)ccc2cc(O)cc(N3Cc4nc(OCC56CCCN5CC(F)C6)nc(N5CCCC(C#N)C5)c4C3=O)c12. The molecule has 0 saturated carbocycles. The zero-order valence-corrected chi connectivity index (χ0v) is 24.2. The van der Waals surface area contributed by atoms with Crippen molar-refractivity contribution in [3.63, 3.8) is 0 Å². The molecule has 4 aliphatic heterocycles. The number of piperidine rings is 1. The summed E-state index contributed by atoms with van der Waals surface area (Å²) in [6.07, 6.45) is 3.29. The fourth-order valence-electron chi connectivity index (χ4n) is 7.61. The van der Waals surface area contributed by atoms with Crippen molar-refractivity contribution in [2.75, 3.05) is 42.6 Å². The van der Waals surface area contributed by atoms with Crippen LogP contribution in [0.5, 0.6) is 11.8 Å². The molecule has 4 aliphatic rings. The first kappa shape index (κ1) is 27.8. The molecular weight excluding hydrogens is 554 g/mol. The minimum Gasteiger partial charge on any atom is -0.508 e. The molecule has 11 heteroatoms. The molecule has 0 radical (unpaired) electrons. The molecule has 0 spiro atoms. The highest BCUT2D eigenvalue weighted by Crippen LogP contribution is 2.43. The molecular formula is C32H34F2N6O3. The van der Waals surface area contributed by atoms with E-state index in [1.54, 1.807) is 12.1 Å². The second-order valence-electron chi connectivity index (χ2n) is 12.3. The molecule has 2 aromatic carbocycles. The van der Waals surface area contributed by atoms with Gasteiger partial charge in [-0.2, -0.15) is 15.2 Å². The zero-order chi connectivity index (χ0) is 29.9. The summed E-state index contributed by atoms with van der Waals surface area (Å²) in [5.41, 5.74) is 1.26. The smallest absolute Gasteiger partial charge is 0.318 e. The summed E-state index contributed by atoms with van der Waals surface area (Å²) in [5.74, 6) is -0.556. The molecule has 0 aliphatic carbocycles. The van der Waals surface area contributed by atoms with Gasteiger partial charge in [-0.3, -0.25) is 9.69 Å². The van der Waals surface area contributed by atoms with Crippen LogP contribution in [0.25, 0.3) is 10.8 Å². The Bertz CT molecular complexity index is 1660. The molecule has 3 aromatic rings. The van der Waals surface area contributed by atoms with Crippen LogP contribution in [0.15, 0.2) is 24.3 Å². The molecule has 7 rings (SSSR count). The quantitative estimate of drug-likeness (QED) is 0.434. The number of aromatic nitrogens is 2. The Kier molecular flexibility index (Phi) is 6.84. The van der Waals surface area contributed by atoms with Gasteiger partial charge in [-0.15, -0.1) is 0 Å². The predicted octanol–water partition coefficient (Wildman–Crippen LogP) is 4.89. The maximum atomic E-state index is 14.9. The van der Waals surface area contributed by atoms with Gasteiger partial charge in [0.1, 0.15) is 35.7 Å². The lowest BCUT2D eigenvalue weighted by atomic mass is 9.95. The van der Waals surface area contributed by atoms with Gasteiger partial charge in [0.2, 0.25) is 0 Å². The second-order valence-corrected chi connectivity index (χ2v) is 12.3. The average Bonchev–Trinajstić information content (AvgIpc) is 3.65. The number of hydrogen-bond donors (Lipinski definition) is 1. The van der Waals surface area contributed by atoms with Crippen LogP contribution in [0.4, 0.5) is 20.3 Å². The van der Waals surface area contributed by atoms with Crippen molar-refractivity contribution in [2.24, 2.45) is 5.92 Å². The zero-order valence-electron chi connectivity index (χ0n) is 24.2. The maximum Gasteiger partial charge on any atom is 0.318 e. The molecule has 43 heavy (non-hydrogen) atoms. The fourth-order valence-corrected chi connectivity index (χ4v) is 7.61. The number of amides is 1. The van der Waals surface area contributed by atoms with E-state index in [0.29, 0.717) is 71.6 Å². The van der Waals surface area contributed by atoms with E-state index >= 15 is 0 Å². The molecule has 5 heterocycles. The van der Waals surface area contributed by atoms with Gasteiger partial charge in [0.25, 0.3) is 5.91 Å². The number of aromatic hydroxyl groups is 1. The topological polar surface area (TPSA) is 106 Å². The Morgan fingerprint density at radius 2 is 2.07 bits per heavy atom. The molecule has 3 saturated heterocycles. The normalized spacial score (nSPS) is 25.3. The lowest BCUT2D eigenvalue weighted by Crippen LogP contribution is -2.43. The molecule has 0 bridgehead atoms. The minimum absolute atomic E-state index is 0.0359. The summed E-state index contributed by atoms with van der Waals surface area (Å²) in [6, 6.07) is 8.50. The van der Waals surface area contributed by atoms with Crippen LogP contribution in [0.2, 0.25) is 0 Å².